The second-order valence-corrected chi connectivity index (χ2v) is 8.28. The van der Waals surface area contributed by atoms with Crippen molar-refractivity contribution in [1.82, 2.24) is 9.55 Å². The Kier molecular flexibility index (Phi) is 5.76. The highest BCUT2D eigenvalue weighted by molar-refractivity contribution is 7.98. The van der Waals surface area contributed by atoms with Crippen LogP contribution in [0.2, 0.25) is 0 Å². The van der Waals surface area contributed by atoms with Gasteiger partial charge in [-0.1, -0.05) is 43.2 Å². The summed E-state index contributed by atoms with van der Waals surface area (Å²) >= 11 is 1.47. The fourth-order valence-electron chi connectivity index (χ4n) is 3.95. The maximum Gasteiger partial charge on any atom is 0.341 e. The first-order valence-corrected chi connectivity index (χ1v) is 10.9. The highest BCUT2D eigenvalue weighted by Gasteiger charge is 2.22. The average Bonchev–Trinajstić information content (AvgIpc) is 3.13. The molecule has 0 bridgehead atoms. The molecule has 1 aliphatic rings. The van der Waals surface area contributed by atoms with Crippen molar-refractivity contribution in [3.63, 3.8) is 0 Å². The summed E-state index contributed by atoms with van der Waals surface area (Å²) in [6.45, 7) is 1.74. The van der Waals surface area contributed by atoms with E-state index in [0.29, 0.717) is 38.9 Å². The number of nitrogens with zero attached hydrogens (tertiary/aromatic N) is 2. The Morgan fingerprint density at radius 3 is 2.79 bits per heavy atom. The molecule has 2 heterocycles. The van der Waals surface area contributed by atoms with Gasteiger partial charge in [-0.3, -0.25) is 9.36 Å². The van der Waals surface area contributed by atoms with Crippen molar-refractivity contribution in [2.24, 2.45) is 0 Å². The topological polar surface area (TPSA) is 74.3 Å². The van der Waals surface area contributed by atoms with Gasteiger partial charge in [-0.05, 0) is 38.0 Å². The number of ether oxygens (including phenoxy) is 1. The van der Waals surface area contributed by atoms with Crippen LogP contribution in [0.4, 0.5) is 0 Å². The Labute approximate surface area is 173 Å². The fourth-order valence-corrected chi connectivity index (χ4v) is 4.90. The summed E-state index contributed by atoms with van der Waals surface area (Å²) in [7, 11) is 1.35. The van der Waals surface area contributed by atoms with Crippen LogP contribution in [0.15, 0.2) is 44.7 Å². The maximum atomic E-state index is 13.3. The first-order valence-electron chi connectivity index (χ1n) is 9.90. The molecule has 152 valence electrons. The van der Waals surface area contributed by atoms with Crippen molar-refractivity contribution < 1.29 is 13.9 Å². The van der Waals surface area contributed by atoms with E-state index in [-0.39, 0.29) is 11.6 Å². The van der Waals surface area contributed by atoms with Gasteiger partial charge in [0.25, 0.3) is 5.56 Å². The second-order valence-electron chi connectivity index (χ2n) is 7.34. The van der Waals surface area contributed by atoms with E-state index >= 15 is 0 Å². The van der Waals surface area contributed by atoms with E-state index in [1.165, 1.54) is 25.3 Å². The molecule has 0 N–H and O–H groups in total. The highest BCUT2D eigenvalue weighted by Crippen LogP contribution is 2.32. The van der Waals surface area contributed by atoms with Gasteiger partial charge in [0, 0.05) is 6.04 Å². The Bertz CT molecular complexity index is 1100. The van der Waals surface area contributed by atoms with Gasteiger partial charge in [0.15, 0.2) is 5.16 Å². The number of carbonyl (C=O) groups is 1. The van der Waals surface area contributed by atoms with Gasteiger partial charge in [0.2, 0.25) is 0 Å². The summed E-state index contributed by atoms with van der Waals surface area (Å²) in [6, 6.07) is 9.38. The molecule has 0 amide bonds. The summed E-state index contributed by atoms with van der Waals surface area (Å²) in [4.78, 5) is 29.9. The van der Waals surface area contributed by atoms with Crippen LogP contribution in [0.25, 0.3) is 10.9 Å². The number of hydrogen-bond donors (Lipinski definition) is 0. The molecule has 6 nitrogen and oxygen atoms in total. The summed E-state index contributed by atoms with van der Waals surface area (Å²) < 4.78 is 12.4. The molecule has 2 aromatic heterocycles. The molecule has 1 saturated carbocycles. The van der Waals surface area contributed by atoms with E-state index in [9.17, 15) is 9.59 Å². The third kappa shape index (κ3) is 3.96. The summed E-state index contributed by atoms with van der Waals surface area (Å²) in [6.07, 6.45) is 5.48. The normalized spacial score (nSPS) is 15.0. The third-order valence-electron chi connectivity index (χ3n) is 5.43. The number of hydrogen-bond acceptors (Lipinski definition) is 6. The zero-order valence-electron chi connectivity index (χ0n) is 16.6. The van der Waals surface area contributed by atoms with Gasteiger partial charge in [0.1, 0.15) is 17.1 Å². The number of benzene rings is 1. The predicted octanol–water partition coefficient (Wildman–Crippen LogP) is 4.88. The van der Waals surface area contributed by atoms with Gasteiger partial charge >= 0.3 is 5.97 Å². The van der Waals surface area contributed by atoms with Gasteiger partial charge in [-0.15, -0.1) is 0 Å². The molecule has 1 fully saturated rings. The quantitative estimate of drug-likeness (QED) is 0.338. The summed E-state index contributed by atoms with van der Waals surface area (Å²) in [5.41, 5.74) is 1.16. The molecule has 3 aromatic rings. The number of rotatable bonds is 5. The van der Waals surface area contributed by atoms with E-state index in [1.54, 1.807) is 13.0 Å². The molecule has 29 heavy (non-hydrogen) atoms. The number of aromatic nitrogens is 2. The standard InChI is InChI=1S/C22H24N2O4S/c1-14-18(21(26)27-2)12-16(28-14)13-29-22-23-19-11-7-6-10-17(19)20(25)24(22)15-8-4-3-5-9-15/h6-7,10-12,15H,3-5,8-9,13H2,1-2H3. The predicted molar refractivity (Wildman–Crippen MR) is 112 cm³/mol. The first-order chi connectivity index (χ1) is 14.1. The van der Waals surface area contributed by atoms with Crippen LogP contribution in [0.3, 0.4) is 0 Å². The smallest absolute Gasteiger partial charge is 0.341 e. The highest BCUT2D eigenvalue weighted by atomic mass is 32.2. The zero-order chi connectivity index (χ0) is 20.4. The van der Waals surface area contributed by atoms with Crippen LogP contribution < -0.4 is 5.56 Å². The number of esters is 1. The molecule has 0 spiro atoms. The molecule has 7 heteroatoms. The van der Waals surface area contributed by atoms with E-state index < -0.39 is 5.97 Å². The lowest BCUT2D eigenvalue weighted by Crippen LogP contribution is -2.29. The Morgan fingerprint density at radius 2 is 2.03 bits per heavy atom. The van der Waals surface area contributed by atoms with Crippen LogP contribution in [0.5, 0.6) is 0 Å². The van der Waals surface area contributed by atoms with Crippen molar-refractivity contribution in [1.29, 1.82) is 0 Å². The molecule has 4 rings (SSSR count). The number of aryl methyl sites for hydroxylation is 1. The minimum absolute atomic E-state index is 0.0240. The van der Waals surface area contributed by atoms with Crippen LogP contribution in [0.1, 0.15) is 60.0 Å². The molecule has 0 radical (unpaired) electrons. The van der Waals surface area contributed by atoms with Crippen LogP contribution in [-0.4, -0.2) is 22.6 Å². The lowest BCUT2D eigenvalue weighted by atomic mass is 9.95. The summed E-state index contributed by atoms with van der Waals surface area (Å²) in [5.74, 6) is 1.26. The van der Waals surface area contributed by atoms with Crippen molar-refractivity contribution in [2.75, 3.05) is 7.11 Å². The molecular weight excluding hydrogens is 388 g/mol. The van der Waals surface area contributed by atoms with E-state index in [2.05, 4.69) is 0 Å². The van der Waals surface area contributed by atoms with Crippen molar-refractivity contribution >= 4 is 28.6 Å². The van der Waals surface area contributed by atoms with Crippen molar-refractivity contribution in [3.8, 4) is 0 Å². The van der Waals surface area contributed by atoms with Gasteiger partial charge in [-0.25, -0.2) is 9.78 Å². The number of para-hydroxylation sites is 1. The first kappa shape index (κ1) is 19.8. The van der Waals surface area contributed by atoms with Crippen molar-refractivity contribution in [3.05, 3.63) is 57.8 Å². The van der Waals surface area contributed by atoms with Gasteiger partial charge in [-0.2, -0.15) is 0 Å². The molecule has 1 aromatic carbocycles. The number of methoxy groups -OCH3 is 1. The third-order valence-corrected chi connectivity index (χ3v) is 6.41. The lowest BCUT2D eigenvalue weighted by molar-refractivity contribution is 0.0599. The van der Waals surface area contributed by atoms with Crippen LogP contribution >= 0.6 is 11.8 Å². The molecule has 0 saturated heterocycles. The lowest BCUT2D eigenvalue weighted by Gasteiger charge is -2.26. The second kappa shape index (κ2) is 8.45. The largest absolute Gasteiger partial charge is 0.465 e. The zero-order valence-corrected chi connectivity index (χ0v) is 17.5. The average molecular weight is 413 g/mol. The number of furan rings is 1. The van der Waals surface area contributed by atoms with E-state index in [1.807, 2.05) is 28.8 Å². The van der Waals surface area contributed by atoms with Crippen LogP contribution in [0, 0.1) is 6.92 Å². The number of carbonyl (C=O) groups excluding carboxylic acids is 1. The van der Waals surface area contributed by atoms with Crippen LogP contribution in [-0.2, 0) is 10.5 Å². The van der Waals surface area contributed by atoms with E-state index in [4.69, 9.17) is 14.1 Å². The maximum absolute atomic E-state index is 13.3. The number of thioether (sulfide) groups is 1. The Hall–Kier alpha value is -2.54. The molecule has 0 atom stereocenters. The van der Waals surface area contributed by atoms with Gasteiger partial charge in [0.05, 0.1) is 23.8 Å². The Morgan fingerprint density at radius 1 is 1.28 bits per heavy atom. The molecular formula is C22H24N2O4S. The molecule has 1 aliphatic carbocycles. The minimum atomic E-state index is -0.412. The van der Waals surface area contributed by atoms with Crippen molar-refractivity contribution in [2.45, 2.75) is 56.0 Å². The van der Waals surface area contributed by atoms with Gasteiger partial charge < -0.3 is 9.15 Å². The summed E-state index contributed by atoms with van der Waals surface area (Å²) in [5, 5.41) is 1.36. The Balaban J connectivity index is 1.69. The number of fused-ring (bicyclic) bond motifs is 1. The molecule has 0 aliphatic heterocycles. The SMILES string of the molecule is COC(=O)c1cc(CSc2nc3ccccc3c(=O)n2C2CCCCC2)oc1C. The monoisotopic (exact) mass is 412 g/mol. The fraction of sp³-hybridized carbons (Fsp3) is 0.409. The van der Waals surface area contributed by atoms with E-state index in [0.717, 1.165) is 25.7 Å². The molecule has 0 unspecified atom stereocenters. The minimum Gasteiger partial charge on any atom is -0.465 e.